The molecule has 0 aromatic heterocycles. The van der Waals surface area contributed by atoms with Gasteiger partial charge in [0, 0.05) is 12.1 Å². The molecule has 2 rings (SSSR count). The maximum atomic E-state index is 11.3. The minimum atomic E-state index is -0.899. The Morgan fingerprint density at radius 1 is 1.47 bits per heavy atom. The van der Waals surface area contributed by atoms with E-state index < -0.39 is 11.9 Å². The van der Waals surface area contributed by atoms with Crippen LogP contribution in [0.4, 0.5) is 0 Å². The number of aliphatic carboxylic acids is 1. The summed E-state index contributed by atoms with van der Waals surface area (Å²) in [5, 5.41) is 9.29. The standard InChI is InChI=1S/C15H21NO3/c1-9-5-10(2)14(19-8-11-3-4-11)12(6-9)13(7-16)15(17)18/h5-6,11,13H,3-4,7-8,16H2,1-2H3,(H,17,18). The molecule has 1 aromatic carbocycles. The highest BCUT2D eigenvalue weighted by Crippen LogP contribution is 2.35. The summed E-state index contributed by atoms with van der Waals surface area (Å²) in [5.41, 5.74) is 8.32. The Morgan fingerprint density at radius 2 is 2.16 bits per heavy atom. The van der Waals surface area contributed by atoms with E-state index >= 15 is 0 Å². The van der Waals surface area contributed by atoms with Gasteiger partial charge < -0.3 is 15.6 Å². The SMILES string of the molecule is Cc1cc(C)c(OCC2CC2)c(C(CN)C(=O)O)c1. The molecule has 1 aliphatic rings. The van der Waals surface area contributed by atoms with Crippen molar-refractivity contribution in [1.29, 1.82) is 0 Å². The highest BCUT2D eigenvalue weighted by Gasteiger charge is 2.26. The van der Waals surface area contributed by atoms with Gasteiger partial charge in [0.05, 0.1) is 12.5 Å². The number of carboxylic acid groups (broad SMARTS) is 1. The van der Waals surface area contributed by atoms with Crippen molar-refractivity contribution in [2.45, 2.75) is 32.6 Å². The van der Waals surface area contributed by atoms with Gasteiger partial charge in [-0.15, -0.1) is 0 Å². The number of hydrogen-bond donors (Lipinski definition) is 2. The number of aryl methyl sites for hydroxylation is 2. The molecule has 0 amide bonds. The first-order valence-corrected chi connectivity index (χ1v) is 6.69. The van der Waals surface area contributed by atoms with Crippen LogP contribution in [-0.2, 0) is 4.79 Å². The van der Waals surface area contributed by atoms with Crippen molar-refractivity contribution < 1.29 is 14.6 Å². The first-order chi connectivity index (χ1) is 9.02. The van der Waals surface area contributed by atoms with E-state index in [0.29, 0.717) is 23.8 Å². The number of nitrogens with two attached hydrogens (primary N) is 1. The quantitative estimate of drug-likeness (QED) is 0.825. The van der Waals surface area contributed by atoms with Crippen molar-refractivity contribution in [3.8, 4) is 5.75 Å². The predicted octanol–water partition coefficient (Wildman–Crippen LogP) is 2.22. The minimum Gasteiger partial charge on any atom is -0.493 e. The lowest BCUT2D eigenvalue weighted by atomic mass is 9.94. The highest BCUT2D eigenvalue weighted by molar-refractivity contribution is 5.78. The largest absolute Gasteiger partial charge is 0.493 e. The molecule has 0 radical (unpaired) electrons. The fourth-order valence-electron chi connectivity index (χ4n) is 2.29. The summed E-state index contributed by atoms with van der Waals surface area (Å²) in [4.78, 5) is 11.3. The van der Waals surface area contributed by atoms with Gasteiger partial charge in [-0.05, 0) is 38.2 Å². The first-order valence-electron chi connectivity index (χ1n) is 6.69. The molecule has 4 heteroatoms. The number of ether oxygens (including phenoxy) is 1. The van der Waals surface area contributed by atoms with Crippen LogP contribution in [0.25, 0.3) is 0 Å². The molecule has 104 valence electrons. The van der Waals surface area contributed by atoms with Gasteiger partial charge in [0.2, 0.25) is 0 Å². The van der Waals surface area contributed by atoms with Crippen LogP contribution in [0, 0.1) is 19.8 Å². The molecule has 1 unspecified atom stereocenters. The van der Waals surface area contributed by atoms with Gasteiger partial charge in [0.1, 0.15) is 5.75 Å². The molecule has 1 saturated carbocycles. The Labute approximate surface area is 113 Å². The van der Waals surface area contributed by atoms with Crippen molar-refractivity contribution >= 4 is 5.97 Å². The van der Waals surface area contributed by atoms with Gasteiger partial charge in [-0.1, -0.05) is 17.7 Å². The Morgan fingerprint density at radius 3 is 2.68 bits per heavy atom. The van der Waals surface area contributed by atoms with Crippen LogP contribution >= 0.6 is 0 Å². The summed E-state index contributed by atoms with van der Waals surface area (Å²) < 4.78 is 5.86. The zero-order valence-corrected chi connectivity index (χ0v) is 11.5. The van der Waals surface area contributed by atoms with Crippen LogP contribution in [0.15, 0.2) is 12.1 Å². The smallest absolute Gasteiger partial charge is 0.312 e. The molecule has 0 heterocycles. The topological polar surface area (TPSA) is 72.5 Å². The zero-order valence-electron chi connectivity index (χ0n) is 11.5. The van der Waals surface area contributed by atoms with E-state index in [1.165, 1.54) is 12.8 Å². The van der Waals surface area contributed by atoms with Crippen molar-refractivity contribution in [1.82, 2.24) is 0 Å². The molecular weight excluding hydrogens is 242 g/mol. The van der Waals surface area contributed by atoms with E-state index in [1.54, 1.807) is 0 Å². The zero-order chi connectivity index (χ0) is 14.0. The lowest BCUT2D eigenvalue weighted by Crippen LogP contribution is -2.22. The van der Waals surface area contributed by atoms with Crippen molar-refractivity contribution in [2.75, 3.05) is 13.2 Å². The molecule has 3 N–H and O–H groups in total. The Kier molecular flexibility index (Phi) is 4.10. The van der Waals surface area contributed by atoms with Gasteiger partial charge in [-0.3, -0.25) is 4.79 Å². The molecule has 0 saturated heterocycles. The summed E-state index contributed by atoms with van der Waals surface area (Å²) in [7, 11) is 0. The van der Waals surface area contributed by atoms with Crippen LogP contribution in [0.1, 0.15) is 35.4 Å². The van der Waals surface area contributed by atoms with Crippen molar-refractivity contribution in [3.63, 3.8) is 0 Å². The summed E-state index contributed by atoms with van der Waals surface area (Å²) in [6.07, 6.45) is 2.42. The molecule has 1 fully saturated rings. The second-order valence-electron chi connectivity index (χ2n) is 5.38. The second-order valence-corrected chi connectivity index (χ2v) is 5.38. The number of rotatable bonds is 6. The third kappa shape index (κ3) is 3.26. The Balaban J connectivity index is 2.33. The summed E-state index contributed by atoms with van der Waals surface area (Å²) in [5.74, 6) is -0.262. The highest BCUT2D eigenvalue weighted by atomic mass is 16.5. The first kappa shape index (κ1) is 13.9. The van der Waals surface area contributed by atoms with Crippen LogP contribution in [0.5, 0.6) is 5.75 Å². The maximum Gasteiger partial charge on any atom is 0.312 e. The molecule has 1 aromatic rings. The third-order valence-corrected chi connectivity index (χ3v) is 3.52. The Hall–Kier alpha value is -1.55. The monoisotopic (exact) mass is 263 g/mol. The van der Waals surface area contributed by atoms with E-state index in [-0.39, 0.29) is 6.54 Å². The lowest BCUT2D eigenvalue weighted by molar-refractivity contribution is -0.138. The summed E-state index contributed by atoms with van der Waals surface area (Å²) in [6, 6.07) is 3.89. The summed E-state index contributed by atoms with van der Waals surface area (Å²) >= 11 is 0. The molecule has 0 spiro atoms. The maximum absolute atomic E-state index is 11.3. The Bertz CT molecular complexity index is 481. The van der Waals surface area contributed by atoms with Gasteiger partial charge >= 0.3 is 5.97 Å². The molecule has 0 bridgehead atoms. The van der Waals surface area contributed by atoms with E-state index in [1.807, 2.05) is 26.0 Å². The van der Waals surface area contributed by atoms with E-state index in [0.717, 1.165) is 11.1 Å². The van der Waals surface area contributed by atoms with Crippen LogP contribution in [0.2, 0.25) is 0 Å². The van der Waals surface area contributed by atoms with Crippen molar-refractivity contribution in [2.24, 2.45) is 11.7 Å². The van der Waals surface area contributed by atoms with E-state index in [4.69, 9.17) is 10.5 Å². The molecular formula is C15H21NO3. The minimum absolute atomic E-state index is 0.0814. The van der Waals surface area contributed by atoms with Gasteiger partial charge in [0.25, 0.3) is 0 Å². The normalized spacial score (nSPS) is 16.2. The predicted molar refractivity (Wildman–Crippen MR) is 73.6 cm³/mol. The number of hydrogen-bond acceptors (Lipinski definition) is 3. The van der Waals surface area contributed by atoms with Gasteiger partial charge in [0.15, 0.2) is 0 Å². The molecule has 0 aliphatic heterocycles. The van der Waals surface area contributed by atoms with Gasteiger partial charge in [-0.25, -0.2) is 0 Å². The van der Waals surface area contributed by atoms with Crippen LogP contribution < -0.4 is 10.5 Å². The fraction of sp³-hybridized carbons (Fsp3) is 0.533. The van der Waals surface area contributed by atoms with E-state index in [9.17, 15) is 9.90 Å². The number of carboxylic acids is 1. The van der Waals surface area contributed by atoms with Gasteiger partial charge in [-0.2, -0.15) is 0 Å². The van der Waals surface area contributed by atoms with E-state index in [2.05, 4.69) is 0 Å². The van der Waals surface area contributed by atoms with Crippen LogP contribution in [-0.4, -0.2) is 24.2 Å². The van der Waals surface area contributed by atoms with Crippen molar-refractivity contribution in [3.05, 3.63) is 28.8 Å². The fourth-order valence-corrected chi connectivity index (χ4v) is 2.29. The molecule has 19 heavy (non-hydrogen) atoms. The molecule has 1 atom stereocenters. The average molecular weight is 263 g/mol. The average Bonchev–Trinajstić information content (AvgIpc) is 3.12. The summed E-state index contributed by atoms with van der Waals surface area (Å²) in [6.45, 7) is 4.66. The third-order valence-electron chi connectivity index (χ3n) is 3.52. The second kappa shape index (κ2) is 5.61. The number of carbonyl (C=O) groups is 1. The van der Waals surface area contributed by atoms with Crippen LogP contribution in [0.3, 0.4) is 0 Å². The molecule has 4 nitrogen and oxygen atoms in total. The molecule has 1 aliphatic carbocycles. The number of benzene rings is 1. The lowest BCUT2D eigenvalue weighted by Gasteiger charge is -2.19.